The van der Waals surface area contributed by atoms with Gasteiger partial charge in [0.15, 0.2) is 4.80 Å². The number of methoxy groups -OCH3 is 2. The lowest BCUT2D eigenvalue weighted by Gasteiger charge is -2.26. The van der Waals surface area contributed by atoms with Crippen LogP contribution in [-0.2, 0) is 16.1 Å². The van der Waals surface area contributed by atoms with Gasteiger partial charge in [-0.3, -0.25) is 9.36 Å². The Hall–Kier alpha value is -4.60. The fraction of sp³-hybridized carbons (Fsp3) is 0.206. The minimum atomic E-state index is -0.810. The first kappa shape index (κ1) is 29.5. The van der Waals surface area contributed by atoms with E-state index in [1.165, 1.54) is 11.3 Å². The summed E-state index contributed by atoms with van der Waals surface area (Å²) in [5, 5.41) is 1.70. The van der Waals surface area contributed by atoms with Gasteiger partial charge in [0, 0.05) is 45.9 Å². The van der Waals surface area contributed by atoms with Gasteiger partial charge in [-0.25, -0.2) is 9.79 Å². The molecule has 1 aliphatic heterocycles. The van der Waals surface area contributed by atoms with Gasteiger partial charge in [0.2, 0.25) is 0 Å². The van der Waals surface area contributed by atoms with Crippen molar-refractivity contribution in [2.24, 2.45) is 4.99 Å². The number of carbonyl (C=O) groups excluding carboxylic acids is 1. The number of allylic oxidation sites excluding steroid dienone is 1. The number of hydrogen-bond acceptors (Lipinski definition) is 7. The maximum Gasteiger partial charge on any atom is 0.338 e. The predicted molar refractivity (Wildman–Crippen MR) is 172 cm³/mol. The van der Waals surface area contributed by atoms with Gasteiger partial charge in [0.1, 0.15) is 17.5 Å². The van der Waals surface area contributed by atoms with E-state index < -0.39 is 12.0 Å². The Morgan fingerprint density at radius 1 is 1.07 bits per heavy atom. The van der Waals surface area contributed by atoms with Gasteiger partial charge in [-0.15, -0.1) is 0 Å². The van der Waals surface area contributed by atoms with E-state index >= 15 is 0 Å². The molecule has 0 bridgehead atoms. The summed E-state index contributed by atoms with van der Waals surface area (Å²) < 4.78 is 20.7. The van der Waals surface area contributed by atoms with Crippen molar-refractivity contribution < 1.29 is 19.0 Å². The number of fused-ring (bicyclic) bond motifs is 2. The second-order valence-electron chi connectivity index (χ2n) is 10.2. The minimum Gasteiger partial charge on any atom is -0.497 e. The zero-order valence-electron chi connectivity index (χ0n) is 24.7. The van der Waals surface area contributed by atoms with Crippen LogP contribution in [0.2, 0.25) is 5.02 Å². The van der Waals surface area contributed by atoms with Crippen LogP contribution in [0.5, 0.6) is 11.5 Å². The van der Waals surface area contributed by atoms with E-state index in [4.69, 9.17) is 30.8 Å². The number of ether oxygens (including phenoxy) is 3. The van der Waals surface area contributed by atoms with Gasteiger partial charge < -0.3 is 18.8 Å². The lowest BCUT2D eigenvalue weighted by atomic mass is 9.95. The number of carbonyl (C=O) groups is 1. The van der Waals surface area contributed by atoms with Gasteiger partial charge in [-0.2, -0.15) is 0 Å². The van der Waals surface area contributed by atoms with E-state index in [2.05, 4.69) is 10.6 Å². The van der Waals surface area contributed by atoms with Crippen LogP contribution in [0, 0.1) is 0 Å². The van der Waals surface area contributed by atoms with Crippen molar-refractivity contribution >= 4 is 45.9 Å². The average molecular weight is 628 g/mol. The Balaban J connectivity index is 1.54. The molecule has 8 nitrogen and oxygen atoms in total. The normalized spacial score (nSPS) is 14.8. The molecule has 0 saturated carbocycles. The zero-order chi connectivity index (χ0) is 31.0. The summed E-state index contributed by atoms with van der Waals surface area (Å²) in [5.41, 5.74) is 4.02. The van der Waals surface area contributed by atoms with Gasteiger partial charge in [-0.05, 0) is 49.8 Å². The summed E-state index contributed by atoms with van der Waals surface area (Å²) in [6.45, 7) is 4.27. The molecule has 10 heteroatoms. The number of thiazole rings is 1. The first-order valence-electron chi connectivity index (χ1n) is 14.1. The van der Waals surface area contributed by atoms with E-state index in [0.717, 1.165) is 22.0 Å². The molecule has 1 atom stereocenters. The van der Waals surface area contributed by atoms with Crippen LogP contribution in [0.4, 0.5) is 0 Å². The molecule has 0 saturated heterocycles. The predicted octanol–water partition coefficient (Wildman–Crippen LogP) is 5.47. The zero-order valence-corrected chi connectivity index (χ0v) is 26.2. The first-order valence-corrected chi connectivity index (χ1v) is 15.3. The summed E-state index contributed by atoms with van der Waals surface area (Å²) in [5.74, 6) is 0.529. The molecular formula is C34H30ClN3O5S. The number of benzene rings is 3. The lowest BCUT2D eigenvalue weighted by molar-refractivity contribution is -0.139. The summed E-state index contributed by atoms with van der Waals surface area (Å²) in [6, 6.07) is 20.3. The van der Waals surface area contributed by atoms with E-state index in [1.807, 2.05) is 54.7 Å². The highest BCUT2D eigenvalue weighted by atomic mass is 35.5. The maximum atomic E-state index is 14.3. The second kappa shape index (κ2) is 12.2. The van der Waals surface area contributed by atoms with Crippen LogP contribution in [0.3, 0.4) is 0 Å². The van der Waals surface area contributed by atoms with Crippen LogP contribution in [-0.4, -0.2) is 35.9 Å². The molecule has 1 unspecified atom stereocenters. The molecule has 6 rings (SSSR count). The molecule has 44 heavy (non-hydrogen) atoms. The Morgan fingerprint density at radius 2 is 1.84 bits per heavy atom. The molecule has 3 aromatic carbocycles. The van der Waals surface area contributed by atoms with E-state index in [0.29, 0.717) is 43.7 Å². The fourth-order valence-electron chi connectivity index (χ4n) is 5.60. The van der Waals surface area contributed by atoms with E-state index in [-0.39, 0.29) is 17.7 Å². The Labute approximate surface area is 262 Å². The van der Waals surface area contributed by atoms with E-state index in [1.54, 1.807) is 50.8 Å². The van der Waals surface area contributed by atoms with Crippen molar-refractivity contribution in [1.82, 2.24) is 9.13 Å². The lowest BCUT2D eigenvalue weighted by Crippen LogP contribution is -2.40. The highest BCUT2D eigenvalue weighted by molar-refractivity contribution is 7.07. The summed E-state index contributed by atoms with van der Waals surface area (Å²) >= 11 is 7.76. The van der Waals surface area contributed by atoms with Crippen molar-refractivity contribution in [2.45, 2.75) is 26.4 Å². The fourth-order valence-corrected chi connectivity index (χ4v) is 6.84. The molecule has 224 valence electrons. The molecule has 5 aromatic rings. The summed E-state index contributed by atoms with van der Waals surface area (Å²) in [7, 11) is 3.11. The number of nitrogens with zero attached hydrogens (tertiary/aromatic N) is 3. The molecule has 2 aromatic heterocycles. The molecule has 0 spiro atoms. The second-order valence-corrected chi connectivity index (χ2v) is 11.6. The molecule has 0 radical (unpaired) electrons. The number of aromatic nitrogens is 2. The van der Waals surface area contributed by atoms with Crippen molar-refractivity contribution in [1.29, 1.82) is 0 Å². The van der Waals surface area contributed by atoms with Crippen LogP contribution in [0.15, 0.2) is 94.0 Å². The van der Waals surface area contributed by atoms with Crippen molar-refractivity contribution in [3.05, 3.63) is 126 Å². The standard InChI is InChI=1S/C34H30ClN3O5S/c1-5-43-33(40)30-20(2)36-34-38(31(30)25-15-14-23(41-3)17-28(25)42-4)32(39)29(44-34)16-22-19-37(27-13-9-7-11-24(22)27)18-21-10-6-8-12-26(21)35/h6-17,19,31H,5,18H2,1-4H3. The van der Waals surface area contributed by atoms with E-state index in [9.17, 15) is 9.59 Å². The summed E-state index contributed by atoms with van der Waals surface area (Å²) in [6.07, 6.45) is 3.92. The molecule has 0 fully saturated rings. The van der Waals surface area contributed by atoms with Gasteiger partial charge in [0.25, 0.3) is 5.56 Å². The topological polar surface area (TPSA) is 84.1 Å². The summed E-state index contributed by atoms with van der Waals surface area (Å²) in [4.78, 5) is 32.8. The number of halogens is 1. The number of para-hydroxylation sites is 1. The van der Waals surface area contributed by atoms with Crippen LogP contribution in [0.25, 0.3) is 17.0 Å². The van der Waals surface area contributed by atoms with Crippen molar-refractivity contribution in [2.75, 3.05) is 20.8 Å². The van der Waals surface area contributed by atoms with Gasteiger partial charge in [0.05, 0.1) is 36.6 Å². The first-order chi connectivity index (χ1) is 21.3. The molecule has 0 amide bonds. The van der Waals surface area contributed by atoms with Gasteiger partial charge in [-0.1, -0.05) is 59.3 Å². The molecule has 3 heterocycles. The molecular weight excluding hydrogens is 598 g/mol. The molecule has 0 aliphatic carbocycles. The quantitative estimate of drug-likeness (QED) is 0.213. The number of hydrogen-bond donors (Lipinski definition) is 0. The van der Waals surface area contributed by atoms with Crippen molar-refractivity contribution in [3.63, 3.8) is 0 Å². The van der Waals surface area contributed by atoms with Gasteiger partial charge >= 0.3 is 5.97 Å². The molecule has 0 N–H and O–H groups in total. The Morgan fingerprint density at radius 3 is 2.59 bits per heavy atom. The molecule has 1 aliphatic rings. The van der Waals surface area contributed by atoms with Crippen LogP contribution >= 0.6 is 22.9 Å². The SMILES string of the molecule is CCOC(=O)C1=C(C)N=c2sc(=Cc3cn(Cc4ccccc4Cl)c4ccccc34)c(=O)n2C1c1ccc(OC)cc1OC. The highest BCUT2D eigenvalue weighted by Gasteiger charge is 2.35. The van der Waals surface area contributed by atoms with Crippen molar-refractivity contribution in [3.8, 4) is 11.5 Å². The highest BCUT2D eigenvalue weighted by Crippen LogP contribution is 2.37. The monoisotopic (exact) mass is 627 g/mol. The maximum absolute atomic E-state index is 14.3. The third kappa shape index (κ3) is 5.22. The Kier molecular flexibility index (Phi) is 8.16. The largest absolute Gasteiger partial charge is 0.497 e. The minimum absolute atomic E-state index is 0.185. The third-order valence-corrected chi connectivity index (χ3v) is 9.01. The number of esters is 1. The number of rotatable bonds is 8. The smallest absolute Gasteiger partial charge is 0.338 e. The Bertz CT molecular complexity index is 2120. The van der Waals surface area contributed by atoms with Crippen LogP contribution < -0.4 is 24.4 Å². The average Bonchev–Trinajstić information content (AvgIpc) is 3.53. The third-order valence-electron chi connectivity index (χ3n) is 7.66. The van der Waals surface area contributed by atoms with Crippen LogP contribution in [0.1, 0.15) is 36.6 Å².